The second kappa shape index (κ2) is 14.4. The third-order valence-electron chi connectivity index (χ3n) is 7.84. The first kappa shape index (κ1) is 31.1. The van der Waals surface area contributed by atoms with Crippen LogP contribution in [0.5, 0.6) is 5.75 Å². The zero-order valence-electron chi connectivity index (χ0n) is 24.7. The number of thiazole rings is 1. The normalized spacial score (nSPS) is 19.7. The van der Waals surface area contributed by atoms with Crippen LogP contribution in [0.25, 0.3) is 0 Å². The van der Waals surface area contributed by atoms with Crippen LogP contribution in [-0.4, -0.2) is 70.6 Å². The molecule has 4 aromatic rings. The number of anilines is 2. The van der Waals surface area contributed by atoms with Gasteiger partial charge in [-0.3, -0.25) is 9.59 Å². The van der Waals surface area contributed by atoms with Crippen molar-refractivity contribution in [1.82, 2.24) is 19.4 Å². The number of nitrogens with zero attached hydrogens (tertiary/aromatic N) is 5. The summed E-state index contributed by atoms with van der Waals surface area (Å²) in [6.07, 6.45) is 5.02. The number of piperidine rings is 1. The average Bonchev–Trinajstić information content (AvgIpc) is 3.80. The van der Waals surface area contributed by atoms with Crippen LogP contribution in [0.15, 0.2) is 66.3 Å². The van der Waals surface area contributed by atoms with E-state index in [0.717, 1.165) is 47.7 Å². The van der Waals surface area contributed by atoms with Gasteiger partial charge in [-0.25, -0.2) is 14.4 Å². The molecule has 6 rings (SSSR count). The number of benzene rings is 1. The number of pyridine rings is 1. The molecule has 2 saturated heterocycles. The van der Waals surface area contributed by atoms with Gasteiger partial charge >= 0.3 is 0 Å². The fourth-order valence-corrected chi connectivity index (χ4v) is 6.26. The fourth-order valence-electron chi connectivity index (χ4n) is 5.55. The highest BCUT2D eigenvalue weighted by molar-refractivity contribution is 7.13. The van der Waals surface area contributed by atoms with Crippen molar-refractivity contribution in [3.63, 3.8) is 0 Å². The molecule has 2 aliphatic heterocycles. The Labute approximate surface area is 259 Å². The van der Waals surface area contributed by atoms with Crippen LogP contribution in [0.2, 0.25) is 0 Å². The maximum atomic E-state index is 14.4. The van der Waals surface area contributed by atoms with Crippen molar-refractivity contribution in [2.75, 3.05) is 36.9 Å². The molecule has 0 bridgehead atoms. The third-order valence-corrected chi connectivity index (χ3v) is 8.72. The van der Waals surface area contributed by atoms with E-state index in [9.17, 15) is 18.4 Å². The molecule has 0 spiro atoms. The molecular weight excluding hydrogens is 586 g/mol. The first-order valence-electron chi connectivity index (χ1n) is 14.6. The van der Waals surface area contributed by atoms with E-state index < -0.39 is 18.2 Å². The van der Waals surface area contributed by atoms with Crippen LogP contribution in [0, 0.1) is 5.95 Å². The lowest BCUT2D eigenvalue weighted by molar-refractivity contribution is -0.132. The van der Waals surface area contributed by atoms with E-state index in [1.807, 2.05) is 31.3 Å². The number of hydrogen-bond donors (Lipinski definition) is 1. The smallest absolute Gasteiger partial charge is 0.219 e. The number of rotatable bonds is 8. The van der Waals surface area contributed by atoms with Gasteiger partial charge in [0.15, 0.2) is 17.6 Å². The average molecular weight is 623 g/mol. The van der Waals surface area contributed by atoms with Crippen LogP contribution in [-0.2, 0) is 11.3 Å². The Morgan fingerprint density at radius 3 is 2.68 bits per heavy atom. The van der Waals surface area contributed by atoms with Gasteiger partial charge in [-0.1, -0.05) is 0 Å². The number of carbonyl (C=O) groups excluding carboxylic acids is 2. The zero-order chi connectivity index (χ0) is 31.1. The van der Waals surface area contributed by atoms with Crippen molar-refractivity contribution in [2.45, 2.75) is 51.0 Å². The van der Waals surface area contributed by atoms with E-state index in [2.05, 4.69) is 25.6 Å². The van der Waals surface area contributed by atoms with E-state index >= 15 is 0 Å². The molecule has 0 saturated carbocycles. The fraction of sp³-hybridized carbons (Fsp3) is 0.375. The van der Waals surface area contributed by atoms with Gasteiger partial charge in [-0.15, -0.1) is 11.3 Å². The highest BCUT2D eigenvalue weighted by atomic mass is 32.1. The number of carbonyl (C=O) groups is 2. The molecule has 1 N–H and O–H groups in total. The number of hydrogen-bond acceptors (Lipinski definition) is 8. The van der Waals surface area contributed by atoms with Crippen LogP contribution >= 0.6 is 11.3 Å². The van der Waals surface area contributed by atoms with Crippen LogP contribution in [0.1, 0.15) is 54.0 Å². The molecule has 3 atom stereocenters. The molecule has 9 nitrogen and oxygen atoms in total. The lowest BCUT2D eigenvalue weighted by Crippen LogP contribution is -2.48. The summed E-state index contributed by atoms with van der Waals surface area (Å²) in [5, 5.41) is 6.17. The number of aldehydes is 1. The monoisotopic (exact) mass is 622 g/mol. The van der Waals surface area contributed by atoms with E-state index in [1.54, 1.807) is 45.2 Å². The molecule has 0 aliphatic carbocycles. The molecule has 1 amide bonds. The van der Waals surface area contributed by atoms with Crippen LogP contribution in [0.4, 0.5) is 19.6 Å². The van der Waals surface area contributed by atoms with Crippen molar-refractivity contribution in [3.05, 3.63) is 89.2 Å². The molecule has 5 heterocycles. The Morgan fingerprint density at radius 2 is 2.00 bits per heavy atom. The van der Waals surface area contributed by atoms with Gasteiger partial charge in [0, 0.05) is 63.5 Å². The maximum absolute atomic E-state index is 14.4. The van der Waals surface area contributed by atoms with Gasteiger partial charge in [0.1, 0.15) is 11.9 Å². The minimum atomic E-state index is -1.17. The van der Waals surface area contributed by atoms with Gasteiger partial charge in [0.25, 0.3) is 0 Å². The topological polar surface area (TPSA) is 92.6 Å². The number of nitrogens with one attached hydrogen (secondary N) is 1. The SMILES string of the molecule is CNc1nc(C2CCCN2c2ccc(OC3CCN(C(C)=O)CC3F)cc2)cs1.O=Cc1cccn1Cc1ccnc(F)c1. The van der Waals surface area contributed by atoms with Crippen LogP contribution < -0.4 is 15.0 Å². The molecule has 2 fully saturated rings. The minimum Gasteiger partial charge on any atom is -0.487 e. The van der Waals surface area contributed by atoms with Gasteiger partial charge in [-0.05, 0) is 66.9 Å². The number of aromatic nitrogens is 3. The summed E-state index contributed by atoms with van der Waals surface area (Å²) in [5.74, 6) is 0.0735. The van der Waals surface area contributed by atoms with Crippen LogP contribution in [0.3, 0.4) is 0 Å². The number of likely N-dealkylation sites (tertiary alicyclic amines) is 1. The van der Waals surface area contributed by atoms with Gasteiger partial charge < -0.3 is 24.4 Å². The number of amides is 1. The Kier molecular flexibility index (Phi) is 10.2. The van der Waals surface area contributed by atoms with Crippen molar-refractivity contribution in [1.29, 1.82) is 0 Å². The quantitative estimate of drug-likeness (QED) is 0.198. The van der Waals surface area contributed by atoms with E-state index in [4.69, 9.17) is 4.74 Å². The lowest BCUT2D eigenvalue weighted by Gasteiger charge is -2.34. The summed E-state index contributed by atoms with van der Waals surface area (Å²) in [6, 6.07) is 14.8. The van der Waals surface area contributed by atoms with E-state index in [0.29, 0.717) is 31.0 Å². The Bertz CT molecular complexity index is 1540. The van der Waals surface area contributed by atoms with Gasteiger partial charge in [0.2, 0.25) is 11.9 Å². The van der Waals surface area contributed by atoms with Gasteiger partial charge in [0.05, 0.1) is 24.0 Å². The first-order valence-corrected chi connectivity index (χ1v) is 15.5. The van der Waals surface area contributed by atoms with Crippen molar-refractivity contribution in [2.24, 2.45) is 0 Å². The first-order chi connectivity index (χ1) is 21.3. The van der Waals surface area contributed by atoms with Crippen molar-refractivity contribution < 1.29 is 23.1 Å². The molecule has 1 aromatic carbocycles. The second-order valence-corrected chi connectivity index (χ2v) is 11.6. The lowest BCUT2D eigenvalue weighted by atomic mass is 10.1. The molecule has 44 heavy (non-hydrogen) atoms. The number of alkyl halides is 1. The number of halogens is 2. The summed E-state index contributed by atoms with van der Waals surface area (Å²) in [7, 11) is 1.89. The minimum absolute atomic E-state index is 0.0856. The zero-order valence-corrected chi connectivity index (χ0v) is 25.6. The standard InChI is InChI=1S/C21H27FN4O2S.C11H9FN2O/c1-14(27)25-11-9-20(17(22)12-25)28-16-7-5-15(6-8-16)26-10-3-4-19(26)18-13-29-21(23-2)24-18;12-11-6-9(3-4-13-11)7-14-5-1-2-10(14)8-15/h5-8,13,17,19-20H,3-4,9-12H2,1-2H3,(H,23,24);1-6,8H,7H2. The summed E-state index contributed by atoms with van der Waals surface area (Å²) in [4.78, 5) is 34.1. The van der Waals surface area contributed by atoms with E-state index in [1.165, 1.54) is 19.2 Å². The Balaban J connectivity index is 0.000000215. The summed E-state index contributed by atoms with van der Waals surface area (Å²) < 4.78 is 34.8. The van der Waals surface area contributed by atoms with Gasteiger partial charge in [-0.2, -0.15) is 4.39 Å². The Hall–Kier alpha value is -4.32. The Morgan fingerprint density at radius 1 is 1.18 bits per heavy atom. The highest BCUT2D eigenvalue weighted by Gasteiger charge is 2.32. The van der Waals surface area contributed by atoms with Crippen molar-refractivity contribution in [3.8, 4) is 5.75 Å². The molecule has 12 heteroatoms. The molecule has 0 radical (unpaired) electrons. The predicted molar refractivity (Wildman–Crippen MR) is 167 cm³/mol. The number of ether oxygens (including phenoxy) is 1. The summed E-state index contributed by atoms with van der Waals surface area (Å²) in [6.45, 7) is 3.59. The van der Waals surface area contributed by atoms with E-state index in [-0.39, 0.29) is 18.5 Å². The third kappa shape index (κ3) is 7.60. The summed E-state index contributed by atoms with van der Waals surface area (Å²) >= 11 is 1.63. The predicted octanol–water partition coefficient (Wildman–Crippen LogP) is 5.75. The molecular formula is C32H36F2N6O3S. The highest BCUT2D eigenvalue weighted by Crippen LogP contribution is 2.37. The summed E-state index contributed by atoms with van der Waals surface area (Å²) in [5.41, 5.74) is 3.59. The molecule has 3 aromatic heterocycles. The maximum Gasteiger partial charge on any atom is 0.219 e. The molecule has 3 unspecified atom stereocenters. The largest absolute Gasteiger partial charge is 0.487 e. The second-order valence-electron chi connectivity index (χ2n) is 10.8. The molecule has 232 valence electrons. The molecule has 2 aliphatic rings. The van der Waals surface area contributed by atoms with Crippen molar-refractivity contribution >= 4 is 34.3 Å².